The van der Waals surface area contributed by atoms with Gasteiger partial charge in [-0.2, -0.15) is 13.2 Å². The van der Waals surface area contributed by atoms with Crippen molar-refractivity contribution < 1.29 is 13.2 Å². The van der Waals surface area contributed by atoms with Gasteiger partial charge in [-0.1, -0.05) is 13.8 Å². The molecule has 4 nitrogen and oxygen atoms in total. The minimum Gasteiger partial charge on any atom is -0.349 e. The Morgan fingerprint density at radius 3 is 2.58 bits per heavy atom. The highest BCUT2D eigenvalue weighted by Crippen LogP contribution is 2.18. The van der Waals surface area contributed by atoms with Crippen LogP contribution in [-0.4, -0.2) is 36.3 Å². The van der Waals surface area contributed by atoms with E-state index < -0.39 is 12.7 Å². The molecule has 0 saturated carbocycles. The molecule has 0 aliphatic rings. The van der Waals surface area contributed by atoms with E-state index in [0.717, 1.165) is 11.4 Å². The molecular formula is C12H19F3N4. The normalized spacial score (nSPS) is 11.9. The first kappa shape index (κ1) is 15.7. The summed E-state index contributed by atoms with van der Waals surface area (Å²) in [6, 6.07) is 0. The van der Waals surface area contributed by atoms with Crippen LogP contribution >= 0.6 is 0 Å². The molecule has 0 aromatic carbocycles. The van der Waals surface area contributed by atoms with Gasteiger partial charge in [-0.25, -0.2) is 4.98 Å². The van der Waals surface area contributed by atoms with Gasteiger partial charge in [-0.3, -0.25) is 4.98 Å². The highest BCUT2D eigenvalue weighted by atomic mass is 19.4. The van der Waals surface area contributed by atoms with Crippen LogP contribution in [0.25, 0.3) is 0 Å². The van der Waals surface area contributed by atoms with Crippen molar-refractivity contribution in [3.8, 4) is 0 Å². The number of nitrogens with one attached hydrogen (secondary N) is 1. The summed E-state index contributed by atoms with van der Waals surface area (Å²) in [5.74, 6) is 0.727. The quantitative estimate of drug-likeness (QED) is 0.865. The van der Waals surface area contributed by atoms with Crippen LogP contribution in [0.3, 0.4) is 0 Å². The van der Waals surface area contributed by atoms with E-state index in [9.17, 15) is 13.2 Å². The van der Waals surface area contributed by atoms with Gasteiger partial charge in [0.1, 0.15) is 12.4 Å². The molecule has 108 valence electrons. The fraction of sp³-hybridized carbons (Fsp3) is 0.667. The van der Waals surface area contributed by atoms with Gasteiger partial charge >= 0.3 is 6.18 Å². The van der Waals surface area contributed by atoms with Gasteiger partial charge in [0, 0.05) is 19.8 Å². The lowest BCUT2D eigenvalue weighted by molar-refractivity contribution is -0.119. The zero-order valence-corrected chi connectivity index (χ0v) is 11.3. The van der Waals surface area contributed by atoms with Crippen LogP contribution in [-0.2, 0) is 6.54 Å². The number of rotatable bonds is 6. The summed E-state index contributed by atoms with van der Waals surface area (Å²) in [4.78, 5) is 9.12. The monoisotopic (exact) mass is 276 g/mol. The maximum Gasteiger partial charge on any atom is 0.405 e. The second kappa shape index (κ2) is 6.70. The summed E-state index contributed by atoms with van der Waals surface area (Å²) in [6.07, 6.45) is -1.36. The van der Waals surface area contributed by atoms with Gasteiger partial charge in [-0.05, 0) is 12.5 Å². The molecule has 7 heteroatoms. The third kappa shape index (κ3) is 6.37. The largest absolute Gasteiger partial charge is 0.405 e. The van der Waals surface area contributed by atoms with Crippen LogP contribution in [0.15, 0.2) is 12.4 Å². The first-order valence-electron chi connectivity index (χ1n) is 6.07. The number of hydrogen-bond donors (Lipinski definition) is 1. The molecule has 1 heterocycles. The van der Waals surface area contributed by atoms with E-state index in [0.29, 0.717) is 18.2 Å². The molecule has 1 rings (SSSR count). The van der Waals surface area contributed by atoms with Crippen molar-refractivity contribution in [2.45, 2.75) is 26.6 Å². The minimum atomic E-state index is -4.25. The molecule has 0 amide bonds. The predicted molar refractivity (Wildman–Crippen MR) is 67.9 cm³/mol. The second-order valence-corrected chi connectivity index (χ2v) is 4.86. The van der Waals surface area contributed by atoms with Crippen LogP contribution in [0, 0.1) is 5.92 Å². The van der Waals surface area contributed by atoms with E-state index in [4.69, 9.17) is 0 Å². The average Bonchev–Trinajstić information content (AvgIpc) is 2.26. The molecule has 0 radical (unpaired) electrons. The third-order valence-corrected chi connectivity index (χ3v) is 2.34. The molecule has 0 fully saturated rings. The summed E-state index contributed by atoms with van der Waals surface area (Å²) >= 11 is 0. The van der Waals surface area contributed by atoms with E-state index in [1.165, 1.54) is 13.2 Å². The van der Waals surface area contributed by atoms with Crippen molar-refractivity contribution in [2.75, 3.05) is 25.0 Å². The molecular weight excluding hydrogens is 257 g/mol. The van der Waals surface area contributed by atoms with Gasteiger partial charge in [-0.15, -0.1) is 0 Å². The number of aromatic nitrogens is 2. The van der Waals surface area contributed by atoms with Crippen LogP contribution in [0.5, 0.6) is 0 Å². The molecule has 0 aliphatic carbocycles. The van der Waals surface area contributed by atoms with Crippen molar-refractivity contribution in [1.29, 1.82) is 0 Å². The topological polar surface area (TPSA) is 41.1 Å². The van der Waals surface area contributed by atoms with E-state index in [2.05, 4.69) is 29.1 Å². The number of hydrogen-bond acceptors (Lipinski definition) is 4. The first-order valence-corrected chi connectivity index (χ1v) is 6.07. The lowest BCUT2D eigenvalue weighted by Crippen LogP contribution is -2.31. The molecule has 0 unspecified atom stereocenters. The van der Waals surface area contributed by atoms with Gasteiger partial charge < -0.3 is 10.2 Å². The van der Waals surface area contributed by atoms with E-state index in [-0.39, 0.29) is 5.82 Å². The van der Waals surface area contributed by atoms with Gasteiger partial charge in [0.15, 0.2) is 0 Å². The maximum absolute atomic E-state index is 12.3. The van der Waals surface area contributed by atoms with Crippen molar-refractivity contribution in [2.24, 2.45) is 5.92 Å². The lowest BCUT2D eigenvalue weighted by Gasteiger charge is -2.19. The number of nitrogens with zero attached hydrogens (tertiary/aromatic N) is 3. The zero-order chi connectivity index (χ0) is 14.5. The SMILES string of the molecule is CC(C)CNCc1cncc(N(C)CC(F)(F)F)n1. The number of halogens is 3. The molecule has 0 bridgehead atoms. The van der Waals surface area contributed by atoms with Crippen LogP contribution in [0.4, 0.5) is 19.0 Å². The average molecular weight is 276 g/mol. The summed E-state index contributed by atoms with van der Waals surface area (Å²) in [6.45, 7) is 4.44. The van der Waals surface area contributed by atoms with E-state index >= 15 is 0 Å². The Morgan fingerprint density at radius 2 is 2.00 bits per heavy atom. The molecule has 19 heavy (non-hydrogen) atoms. The zero-order valence-electron chi connectivity index (χ0n) is 11.3. The first-order chi connectivity index (χ1) is 8.78. The van der Waals surface area contributed by atoms with Crippen LogP contribution < -0.4 is 10.2 Å². The Bertz CT molecular complexity index is 393. The predicted octanol–water partition coefficient (Wildman–Crippen LogP) is 2.22. The van der Waals surface area contributed by atoms with Gasteiger partial charge in [0.25, 0.3) is 0 Å². The molecule has 1 aromatic heterocycles. The Hall–Kier alpha value is -1.37. The molecule has 0 spiro atoms. The molecule has 1 N–H and O–H groups in total. The Kier molecular flexibility index (Phi) is 5.53. The van der Waals surface area contributed by atoms with Gasteiger partial charge in [0.2, 0.25) is 0 Å². The van der Waals surface area contributed by atoms with Crippen LogP contribution in [0.2, 0.25) is 0 Å². The highest BCUT2D eigenvalue weighted by Gasteiger charge is 2.29. The standard InChI is InChI=1S/C12H19F3N4/c1-9(2)4-16-5-10-6-17-7-11(18-10)19(3)8-12(13,14)15/h6-7,9,16H,4-5,8H2,1-3H3. The lowest BCUT2D eigenvalue weighted by atomic mass is 10.2. The second-order valence-electron chi connectivity index (χ2n) is 4.86. The highest BCUT2D eigenvalue weighted by molar-refractivity contribution is 5.35. The summed E-state index contributed by atoms with van der Waals surface area (Å²) in [5, 5.41) is 3.17. The Labute approximate surface area is 111 Å². The third-order valence-electron chi connectivity index (χ3n) is 2.34. The summed E-state index contributed by atoms with van der Waals surface area (Å²) < 4.78 is 36.8. The smallest absolute Gasteiger partial charge is 0.349 e. The maximum atomic E-state index is 12.3. The van der Waals surface area contributed by atoms with Crippen LogP contribution in [0.1, 0.15) is 19.5 Å². The van der Waals surface area contributed by atoms with Gasteiger partial charge in [0.05, 0.1) is 11.9 Å². The van der Waals surface area contributed by atoms with Crippen molar-refractivity contribution in [3.63, 3.8) is 0 Å². The molecule has 0 saturated heterocycles. The minimum absolute atomic E-state index is 0.223. The molecule has 1 aromatic rings. The van der Waals surface area contributed by atoms with Crippen molar-refractivity contribution in [3.05, 3.63) is 18.1 Å². The number of alkyl halides is 3. The Balaban J connectivity index is 2.61. The van der Waals surface area contributed by atoms with Crippen molar-refractivity contribution >= 4 is 5.82 Å². The number of anilines is 1. The van der Waals surface area contributed by atoms with E-state index in [1.807, 2.05) is 0 Å². The van der Waals surface area contributed by atoms with E-state index in [1.54, 1.807) is 6.20 Å². The fourth-order valence-corrected chi connectivity index (χ4v) is 1.50. The Morgan fingerprint density at radius 1 is 1.32 bits per heavy atom. The summed E-state index contributed by atoms with van der Waals surface area (Å²) in [5.41, 5.74) is 0.632. The fourth-order valence-electron chi connectivity index (χ4n) is 1.50. The summed E-state index contributed by atoms with van der Waals surface area (Å²) in [7, 11) is 1.35. The van der Waals surface area contributed by atoms with Crippen molar-refractivity contribution in [1.82, 2.24) is 15.3 Å². The molecule has 0 aliphatic heterocycles. The molecule has 0 atom stereocenters.